The fraction of sp³-hybridized carbons (Fsp3) is 0.444. The first-order valence-corrected chi connectivity index (χ1v) is 8.61. The number of carbonyl (C=O) groups excluding carboxylic acids is 3. The van der Waals surface area contributed by atoms with Crippen molar-refractivity contribution >= 4 is 23.8 Å². The van der Waals surface area contributed by atoms with Crippen molar-refractivity contribution in [3.05, 3.63) is 29.8 Å². The fourth-order valence-corrected chi connectivity index (χ4v) is 3.16. The Kier molecular flexibility index (Phi) is 4.77. The number of amides is 3. The number of hydrogen-bond donors (Lipinski definition) is 0. The van der Waals surface area contributed by atoms with Gasteiger partial charge in [0.15, 0.2) is 0 Å². The van der Waals surface area contributed by atoms with Crippen LogP contribution >= 0.6 is 0 Å². The minimum absolute atomic E-state index is 0.112. The lowest BCUT2D eigenvalue weighted by molar-refractivity contribution is -0.195. The first kappa shape index (κ1) is 18.7. The van der Waals surface area contributed by atoms with E-state index in [0.717, 1.165) is 4.90 Å². The zero-order valence-corrected chi connectivity index (χ0v) is 15.6. The lowest BCUT2D eigenvalue weighted by Crippen LogP contribution is -2.70. The van der Waals surface area contributed by atoms with Crippen molar-refractivity contribution in [2.24, 2.45) is 4.99 Å². The smallest absolute Gasteiger partial charge is 0.342 e. The second kappa shape index (κ2) is 6.90. The third-order valence-corrected chi connectivity index (χ3v) is 4.43. The summed E-state index contributed by atoms with van der Waals surface area (Å²) in [6, 6.07) is 6.33. The van der Waals surface area contributed by atoms with Crippen LogP contribution in [0.4, 0.5) is 4.79 Å². The van der Waals surface area contributed by atoms with Crippen LogP contribution < -0.4 is 4.74 Å². The Hall–Kier alpha value is -3.10. The number of esters is 1. The molecule has 27 heavy (non-hydrogen) atoms. The van der Waals surface area contributed by atoms with Crippen LogP contribution in [0.3, 0.4) is 0 Å². The van der Waals surface area contributed by atoms with Gasteiger partial charge in [0.2, 0.25) is 12.1 Å². The predicted molar refractivity (Wildman–Crippen MR) is 94.1 cm³/mol. The van der Waals surface area contributed by atoms with E-state index in [9.17, 15) is 14.4 Å². The summed E-state index contributed by atoms with van der Waals surface area (Å²) < 4.78 is 16.3. The molecule has 3 amide bonds. The van der Waals surface area contributed by atoms with E-state index in [0.29, 0.717) is 11.3 Å². The molecular weight excluding hydrogens is 354 g/mol. The molecule has 0 radical (unpaired) electrons. The normalized spacial score (nSPS) is 24.3. The van der Waals surface area contributed by atoms with E-state index < -0.39 is 29.9 Å². The highest BCUT2D eigenvalue weighted by Crippen LogP contribution is 2.38. The second-order valence-electron chi connectivity index (χ2n) is 6.02. The maximum absolute atomic E-state index is 13.0. The van der Waals surface area contributed by atoms with Crippen molar-refractivity contribution in [2.45, 2.75) is 32.7 Å². The molecule has 1 fully saturated rings. The van der Waals surface area contributed by atoms with Gasteiger partial charge >= 0.3 is 23.6 Å². The lowest BCUT2D eigenvalue weighted by atomic mass is 10.1. The minimum atomic E-state index is -1.96. The Labute approximate surface area is 156 Å². The molecule has 9 heteroatoms. The third kappa shape index (κ3) is 2.88. The van der Waals surface area contributed by atoms with E-state index in [1.54, 1.807) is 45.2 Å². The van der Waals surface area contributed by atoms with Gasteiger partial charge in [0, 0.05) is 25.6 Å². The van der Waals surface area contributed by atoms with Crippen molar-refractivity contribution in [1.82, 2.24) is 9.80 Å². The first-order valence-electron chi connectivity index (χ1n) is 8.61. The standard InChI is InChI=1S/C18H21N3O6/c1-5-20-15(23)18(27-11(3)22)16(21(6-2)17(20)24)26-14(19-18)12-7-9-13(25-4)10-8-12/h7-10,16H,5-6H2,1-4H3. The molecule has 1 aromatic rings. The van der Waals surface area contributed by atoms with Gasteiger partial charge in [0.25, 0.3) is 0 Å². The second-order valence-corrected chi connectivity index (χ2v) is 6.02. The molecule has 0 aliphatic carbocycles. The molecule has 0 spiro atoms. The van der Waals surface area contributed by atoms with Crippen LogP contribution in [-0.2, 0) is 19.1 Å². The van der Waals surface area contributed by atoms with Crippen molar-refractivity contribution in [1.29, 1.82) is 0 Å². The average Bonchev–Trinajstić information content (AvgIpc) is 3.02. The van der Waals surface area contributed by atoms with E-state index in [2.05, 4.69) is 4.99 Å². The van der Waals surface area contributed by atoms with Crippen LogP contribution in [0.15, 0.2) is 29.3 Å². The molecule has 9 nitrogen and oxygen atoms in total. The Morgan fingerprint density at radius 2 is 1.89 bits per heavy atom. The third-order valence-electron chi connectivity index (χ3n) is 4.43. The van der Waals surface area contributed by atoms with E-state index in [-0.39, 0.29) is 19.0 Å². The van der Waals surface area contributed by atoms with Crippen molar-refractivity contribution in [3.8, 4) is 5.75 Å². The zero-order valence-electron chi connectivity index (χ0n) is 15.6. The molecule has 0 bridgehead atoms. The number of urea groups is 1. The molecule has 2 unspecified atom stereocenters. The maximum atomic E-state index is 13.0. The molecule has 2 aliphatic heterocycles. The summed E-state index contributed by atoms with van der Waals surface area (Å²) in [4.78, 5) is 44.1. The molecule has 2 atom stereocenters. The largest absolute Gasteiger partial charge is 0.497 e. The number of nitrogens with zero attached hydrogens (tertiary/aromatic N) is 3. The van der Waals surface area contributed by atoms with Crippen LogP contribution in [0.25, 0.3) is 0 Å². The van der Waals surface area contributed by atoms with Crippen LogP contribution in [0, 0.1) is 0 Å². The summed E-state index contributed by atoms with van der Waals surface area (Å²) in [5.41, 5.74) is -1.39. The van der Waals surface area contributed by atoms with Crippen molar-refractivity contribution in [2.75, 3.05) is 20.2 Å². The molecule has 2 aliphatic rings. The molecule has 0 saturated carbocycles. The molecule has 3 rings (SSSR count). The monoisotopic (exact) mass is 375 g/mol. The van der Waals surface area contributed by atoms with Gasteiger partial charge in [0.1, 0.15) is 5.75 Å². The Morgan fingerprint density at radius 3 is 2.41 bits per heavy atom. The number of likely N-dealkylation sites (N-methyl/N-ethyl adjacent to an activating group) is 2. The van der Waals surface area contributed by atoms with Gasteiger partial charge in [-0.25, -0.2) is 4.79 Å². The number of rotatable bonds is 5. The van der Waals surface area contributed by atoms with Gasteiger partial charge in [-0.1, -0.05) is 0 Å². The van der Waals surface area contributed by atoms with Crippen LogP contribution in [0.1, 0.15) is 26.3 Å². The van der Waals surface area contributed by atoms with Gasteiger partial charge in [-0.3, -0.25) is 19.4 Å². The molecule has 2 heterocycles. The predicted octanol–water partition coefficient (Wildman–Crippen LogP) is 1.36. The number of aliphatic imine (C=N–C) groups is 1. The van der Waals surface area contributed by atoms with Gasteiger partial charge in [-0.15, -0.1) is 0 Å². The van der Waals surface area contributed by atoms with Gasteiger partial charge in [-0.05, 0) is 38.1 Å². The Bertz CT molecular complexity index is 806. The molecular formula is C18H21N3O6. The van der Waals surface area contributed by atoms with E-state index >= 15 is 0 Å². The summed E-state index contributed by atoms with van der Waals surface area (Å²) in [5.74, 6) is -0.661. The van der Waals surface area contributed by atoms with Gasteiger partial charge in [-0.2, -0.15) is 4.99 Å². The van der Waals surface area contributed by atoms with Crippen molar-refractivity contribution < 1.29 is 28.6 Å². The number of fused-ring (bicyclic) bond motifs is 1. The Morgan fingerprint density at radius 1 is 1.22 bits per heavy atom. The molecule has 1 saturated heterocycles. The number of methoxy groups -OCH3 is 1. The summed E-state index contributed by atoms with van der Waals surface area (Å²) in [6.07, 6.45) is -1.16. The quantitative estimate of drug-likeness (QED) is 0.721. The van der Waals surface area contributed by atoms with Crippen molar-refractivity contribution in [3.63, 3.8) is 0 Å². The Balaban J connectivity index is 2.10. The highest BCUT2D eigenvalue weighted by Gasteiger charge is 2.65. The number of benzene rings is 1. The number of ether oxygens (including phenoxy) is 3. The van der Waals surface area contributed by atoms with Crippen LogP contribution in [0.5, 0.6) is 5.75 Å². The SMILES string of the molecule is CCN1C(=O)N(CC)C2OC(c3ccc(OC)cc3)=NC2(OC(C)=O)C1=O. The van der Waals surface area contributed by atoms with E-state index in [4.69, 9.17) is 14.2 Å². The molecule has 0 aromatic heterocycles. The van der Waals surface area contributed by atoms with Gasteiger partial charge < -0.3 is 14.2 Å². The number of hydrogen-bond acceptors (Lipinski definition) is 7. The van der Waals surface area contributed by atoms with E-state index in [1.165, 1.54) is 11.8 Å². The topological polar surface area (TPSA) is 97.7 Å². The highest BCUT2D eigenvalue weighted by molar-refractivity contribution is 6.07. The number of imide groups is 1. The van der Waals surface area contributed by atoms with Crippen LogP contribution in [0.2, 0.25) is 0 Å². The average molecular weight is 375 g/mol. The lowest BCUT2D eigenvalue weighted by Gasteiger charge is -2.43. The molecule has 144 valence electrons. The minimum Gasteiger partial charge on any atom is -0.497 e. The summed E-state index contributed by atoms with van der Waals surface area (Å²) in [6.45, 7) is 4.96. The summed E-state index contributed by atoms with van der Waals surface area (Å²) in [7, 11) is 1.55. The molecule has 1 aromatic carbocycles. The summed E-state index contributed by atoms with van der Waals surface area (Å²) >= 11 is 0. The number of carbonyl (C=O) groups is 3. The molecule has 0 N–H and O–H groups in total. The van der Waals surface area contributed by atoms with E-state index in [1.807, 2.05) is 0 Å². The zero-order chi connectivity index (χ0) is 19.8. The summed E-state index contributed by atoms with van der Waals surface area (Å²) in [5, 5.41) is 0. The van der Waals surface area contributed by atoms with Gasteiger partial charge in [0.05, 0.1) is 7.11 Å². The first-order chi connectivity index (χ1) is 12.9. The van der Waals surface area contributed by atoms with Crippen LogP contribution in [-0.4, -0.2) is 65.8 Å². The fourth-order valence-electron chi connectivity index (χ4n) is 3.16. The maximum Gasteiger partial charge on any atom is 0.342 e. The highest BCUT2D eigenvalue weighted by atomic mass is 16.6.